The van der Waals surface area contributed by atoms with Gasteiger partial charge in [-0.3, -0.25) is 9.59 Å². The molecule has 9 heteroatoms. The molecular formula is C34H36FN2NaO5. The van der Waals surface area contributed by atoms with Crippen LogP contribution in [0.2, 0.25) is 0 Å². The molecule has 0 unspecified atom stereocenters. The maximum atomic E-state index is 14.5. The predicted molar refractivity (Wildman–Crippen MR) is 163 cm³/mol. The first kappa shape index (κ1) is 32.6. The Hall–Kier alpha value is -3.27. The van der Waals surface area contributed by atoms with Crippen molar-refractivity contribution >= 4 is 27.8 Å². The number of hydrogen-bond acceptors (Lipinski definition) is 4. The van der Waals surface area contributed by atoms with E-state index in [4.69, 9.17) is 5.11 Å². The zero-order valence-corrected chi connectivity index (χ0v) is 26.7. The van der Waals surface area contributed by atoms with Crippen LogP contribution in [0.25, 0.3) is 32.9 Å². The smallest absolute Gasteiger partial charge is 1.00 e. The molecule has 0 radical (unpaired) electrons. The van der Waals surface area contributed by atoms with E-state index in [-0.39, 0.29) is 67.8 Å². The maximum Gasteiger partial charge on any atom is 1.00 e. The van der Waals surface area contributed by atoms with Crippen molar-refractivity contribution in [3.63, 3.8) is 0 Å². The SMILES string of the molecule is CC(C)n1c(CC[C@@H](O)C[C@@H](O)CC(=O)O)c(-c2ccccc2)c2c3ccccc3n(Cc3cccc(F)c3)c(=O)c21.[H-].[Na+]. The second kappa shape index (κ2) is 14.0. The molecule has 0 amide bonds. The Morgan fingerprint density at radius 2 is 1.65 bits per heavy atom. The van der Waals surface area contributed by atoms with Gasteiger partial charge in [-0.1, -0.05) is 60.7 Å². The largest absolute Gasteiger partial charge is 1.00 e. The Bertz CT molecular complexity index is 1810. The molecule has 0 spiro atoms. The summed E-state index contributed by atoms with van der Waals surface area (Å²) in [6.07, 6.45) is -1.90. The topological polar surface area (TPSA) is 105 Å². The van der Waals surface area contributed by atoms with Gasteiger partial charge in [0.2, 0.25) is 0 Å². The normalized spacial score (nSPS) is 12.9. The first-order chi connectivity index (χ1) is 20.2. The number of carboxylic acid groups (broad SMARTS) is 1. The van der Waals surface area contributed by atoms with Gasteiger partial charge in [-0.25, -0.2) is 4.39 Å². The molecule has 43 heavy (non-hydrogen) atoms. The van der Waals surface area contributed by atoms with Gasteiger partial charge < -0.3 is 25.9 Å². The number of nitrogens with zero attached hydrogens (tertiary/aromatic N) is 2. The van der Waals surface area contributed by atoms with Crippen LogP contribution in [0.3, 0.4) is 0 Å². The summed E-state index contributed by atoms with van der Waals surface area (Å²) in [5.74, 6) is -1.49. The number of carbonyl (C=O) groups is 1. The van der Waals surface area contributed by atoms with Crippen molar-refractivity contribution in [2.45, 2.75) is 64.3 Å². The van der Waals surface area contributed by atoms with E-state index < -0.39 is 24.6 Å². The molecule has 0 saturated heterocycles. The zero-order chi connectivity index (χ0) is 30.0. The minimum absolute atomic E-state index is 0. The molecule has 5 aromatic rings. The van der Waals surface area contributed by atoms with Crippen molar-refractivity contribution in [1.82, 2.24) is 9.13 Å². The molecule has 2 atom stereocenters. The number of pyridine rings is 1. The minimum atomic E-state index is -1.15. The quantitative estimate of drug-likeness (QED) is 0.204. The fraction of sp³-hybridized carbons (Fsp3) is 0.294. The standard InChI is InChI=1S/C34H35FN2O5.Na.H/c1-21(2)37-29(16-15-25(38)18-26(39)19-30(40)41)31(23-10-4-3-5-11-23)32-27-13-6-7-14-28(27)36(34(42)33(32)37)20-22-9-8-12-24(35)17-22;;/h3-14,17,21,25-26,38-39H,15-16,18-20H2,1-2H3,(H,40,41);;/q;+1;-1/t25-,26-;;/m1../s1. The van der Waals surface area contributed by atoms with E-state index in [2.05, 4.69) is 0 Å². The van der Waals surface area contributed by atoms with Gasteiger partial charge in [0.25, 0.3) is 5.56 Å². The van der Waals surface area contributed by atoms with Crippen molar-refractivity contribution in [3.05, 3.63) is 106 Å². The Balaban J connectivity index is 0.00000264. The number of rotatable bonds is 11. The number of benzene rings is 3. The number of aliphatic hydroxyl groups is 2. The number of aliphatic hydroxyl groups excluding tert-OH is 2. The molecule has 220 valence electrons. The summed E-state index contributed by atoms with van der Waals surface area (Å²) in [4.78, 5) is 25.4. The summed E-state index contributed by atoms with van der Waals surface area (Å²) in [5, 5.41) is 31.5. The van der Waals surface area contributed by atoms with Gasteiger partial charge in [0.05, 0.1) is 30.7 Å². The van der Waals surface area contributed by atoms with Crippen molar-refractivity contribution < 1.29 is 55.5 Å². The van der Waals surface area contributed by atoms with Crippen molar-refractivity contribution in [3.8, 4) is 11.1 Å². The van der Waals surface area contributed by atoms with E-state index in [0.717, 1.165) is 33.1 Å². The van der Waals surface area contributed by atoms with Crippen molar-refractivity contribution in [2.24, 2.45) is 0 Å². The molecule has 0 fully saturated rings. The van der Waals surface area contributed by atoms with Gasteiger partial charge >= 0.3 is 35.5 Å². The third kappa shape index (κ3) is 6.95. The van der Waals surface area contributed by atoms with E-state index in [1.807, 2.05) is 73.0 Å². The monoisotopic (exact) mass is 594 g/mol. The fourth-order valence-corrected chi connectivity index (χ4v) is 5.99. The Morgan fingerprint density at radius 1 is 0.953 bits per heavy atom. The van der Waals surface area contributed by atoms with Crippen LogP contribution < -0.4 is 35.1 Å². The first-order valence-electron chi connectivity index (χ1n) is 14.2. The van der Waals surface area contributed by atoms with Crippen LogP contribution in [0.5, 0.6) is 0 Å². The average molecular weight is 595 g/mol. The molecule has 3 N–H and O–H groups in total. The first-order valence-corrected chi connectivity index (χ1v) is 14.2. The van der Waals surface area contributed by atoms with Gasteiger partial charge in [-0.05, 0) is 62.4 Å². The van der Waals surface area contributed by atoms with E-state index in [9.17, 15) is 24.2 Å². The molecule has 7 nitrogen and oxygen atoms in total. The van der Waals surface area contributed by atoms with E-state index >= 15 is 0 Å². The number of hydrogen-bond donors (Lipinski definition) is 3. The molecule has 0 aliphatic carbocycles. The molecule has 0 saturated carbocycles. The number of para-hydroxylation sites is 1. The predicted octanol–water partition coefficient (Wildman–Crippen LogP) is 3.03. The fourth-order valence-electron chi connectivity index (χ4n) is 5.99. The van der Waals surface area contributed by atoms with Gasteiger partial charge in [-0.15, -0.1) is 0 Å². The summed E-state index contributed by atoms with van der Waals surface area (Å²) in [7, 11) is 0. The molecule has 2 heterocycles. The second-order valence-electron chi connectivity index (χ2n) is 11.1. The molecule has 5 rings (SSSR count). The van der Waals surface area contributed by atoms with Crippen LogP contribution in [-0.2, 0) is 17.8 Å². The average Bonchev–Trinajstić information content (AvgIpc) is 3.30. The molecule has 0 aliphatic rings. The van der Waals surface area contributed by atoms with Crippen LogP contribution >= 0.6 is 0 Å². The summed E-state index contributed by atoms with van der Waals surface area (Å²) >= 11 is 0. The Morgan fingerprint density at radius 3 is 2.33 bits per heavy atom. The van der Waals surface area contributed by atoms with Crippen LogP contribution in [0.4, 0.5) is 4.39 Å². The van der Waals surface area contributed by atoms with Crippen molar-refractivity contribution in [1.29, 1.82) is 0 Å². The maximum absolute atomic E-state index is 14.5. The van der Waals surface area contributed by atoms with Crippen molar-refractivity contribution in [2.75, 3.05) is 0 Å². The van der Waals surface area contributed by atoms with Crippen LogP contribution in [0.15, 0.2) is 83.7 Å². The summed E-state index contributed by atoms with van der Waals surface area (Å²) in [6, 6.07) is 23.7. The van der Waals surface area contributed by atoms with Crippen LogP contribution in [0, 0.1) is 5.82 Å². The summed E-state index contributed by atoms with van der Waals surface area (Å²) in [6.45, 7) is 4.22. The molecule has 2 aromatic heterocycles. The molecule has 0 aliphatic heterocycles. The van der Waals surface area contributed by atoms with Gasteiger partial charge in [0.1, 0.15) is 11.3 Å². The van der Waals surface area contributed by atoms with Crippen LogP contribution in [0.1, 0.15) is 51.8 Å². The third-order valence-electron chi connectivity index (χ3n) is 7.70. The van der Waals surface area contributed by atoms with Crippen LogP contribution in [-0.4, -0.2) is 42.6 Å². The second-order valence-corrected chi connectivity index (χ2v) is 11.1. The van der Waals surface area contributed by atoms with E-state index in [1.54, 1.807) is 16.7 Å². The Labute approximate surface area is 273 Å². The van der Waals surface area contributed by atoms with E-state index in [1.165, 1.54) is 12.1 Å². The van der Waals surface area contributed by atoms with Gasteiger partial charge in [0.15, 0.2) is 0 Å². The van der Waals surface area contributed by atoms with Gasteiger partial charge in [-0.2, -0.15) is 0 Å². The summed E-state index contributed by atoms with van der Waals surface area (Å²) in [5.41, 5.74) is 4.48. The number of halogens is 1. The molecule has 3 aromatic carbocycles. The van der Waals surface area contributed by atoms with E-state index in [0.29, 0.717) is 17.5 Å². The minimum Gasteiger partial charge on any atom is -1.00 e. The third-order valence-corrected chi connectivity index (χ3v) is 7.70. The summed E-state index contributed by atoms with van der Waals surface area (Å²) < 4.78 is 17.8. The number of aliphatic carboxylic acids is 1. The number of fused-ring (bicyclic) bond motifs is 3. The number of carboxylic acids is 1. The molecular weight excluding hydrogens is 558 g/mol. The number of aromatic nitrogens is 2. The zero-order valence-electron chi connectivity index (χ0n) is 25.7. The van der Waals surface area contributed by atoms with Gasteiger partial charge in [0, 0.05) is 28.1 Å². The Kier molecular flexibility index (Phi) is 10.6. The molecule has 0 bridgehead atoms.